The van der Waals surface area contributed by atoms with Crippen molar-refractivity contribution in [2.75, 3.05) is 6.54 Å². The SMILES string of the molecule is CC(C)CCNC(=O)[C@@H](c1ccccc1)N(Cc1ccc(Cl)cc1)C(=O)CCc1ccc(S(=O)(=O)NC2CC2)cc1. The molecule has 218 valence electrons. The number of nitrogens with one attached hydrogen (secondary N) is 2. The van der Waals surface area contributed by atoms with E-state index in [4.69, 9.17) is 11.6 Å². The molecular weight excluding hydrogens is 558 g/mol. The zero-order valence-corrected chi connectivity index (χ0v) is 25.1. The maximum absolute atomic E-state index is 13.9. The second-order valence-electron chi connectivity index (χ2n) is 11.0. The Hall–Kier alpha value is -3.20. The molecule has 0 unspecified atom stereocenters. The smallest absolute Gasteiger partial charge is 0.247 e. The van der Waals surface area contributed by atoms with Gasteiger partial charge in [-0.1, -0.05) is 80.0 Å². The number of benzene rings is 3. The molecule has 2 amide bonds. The highest BCUT2D eigenvalue weighted by atomic mass is 35.5. The zero-order chi connectivity index (χ0) is 29.4. The van der Waals surface area contributed by atoms with Crippen LogP contribution in [0.4, 0.5) is 0 Å². The van der Waals surface area contributed by atoms with Gasteiger partial charge in [-0.2, -0.15) is 0 Å². The Balaban J connectivity index is 1.55. The van der Waals surface area contributed by atoms with Gasteiger partial charge in [0.2, 0.25) is 21.8 Å². The third-order valence-electron chi connectivity index (χ3n) is 7.04. The van der Waals surface area contributed by atoms with Crippen molar-refractivity contribution in [3.05, 3.63) is 101 Å². The quantitative estimate of drug-likeness (QED) is 0.252. The summed E-state index contributed by atoms with van der Waals surface area (Å²) in [5.41, 5.74) is 2.43. The van der Waals surface area contributed by atoms with Crippen LogP contribution in [0.3, 0.4) is 0 Å². The molecule has 0 aromatic heterocycles. The van der Waals surface area contributed by atoms with E-state index in [2.05, 4.69) is 23.9 Å². The fourth-order valence-corrected chi connectivity index (χ4v) is 5.95. The van der Waals surface area contributed by atoms with Gasteiger partial charge in [-0.3, -0.25) is 9.59 Å². The Morgan fingerprint density at radius 3 is 2.17 bits per heavy atom. The van der Waals surface area contributed by atoms with Crippen LogP contribution in [0.15, 0.2) is 83.8 Å². The number of carbonyl (C=O) groups excluding carboxylic acids is 2. The van der Waals surface area contributed by atoms with Gasteiger partial charge >= 0.3 is 0 Å². The van der Waals surface area contributed by atoms with Crippen LogP contribution in [0.5, 0.6) is 0 Å². The van der Waals surface area contributed by atoms with Crippen molar-refractivity contribution in [1.29, 1.82) is 0 Å². The van der Waals surface area contributed by atoms with E-state index in [1.54, 1.807) is 41.3 Å². The highest BCUT2D eigenvalue weighted by Gasteiger charge is 2.31. The topological polar surface area (TPSA) is 95.6 Å². The lowest BCUT2D eigenvalue weighted by Gasteiger charge is -2.32. The summed E-state index contributed by atoms with van der Waals surface area (Å²) in [7, 11) is -3.54. The van der Waals surface area contributed by atoms with Gasteiger partial charge in [0.05, 0.1) is 4.90 Å². The molecule has 41 heavy (non-hydrogen) atoms. The molecule has 0 radical (unpaired) electrons. The molecule has 0 heterocycles. The minimum absolute atomic E-state index is 0.0315. The third-order valence-corrected chi connectivity index (χ3v) is 8.83. The van der Waals surface area contributed by atoms with Gasteiger partial charge in [-0.25, -0.2) is 13.1 Å². The lowest BCUT2D eigenvalue weighted by Crippen LogP contribution is -2.43. The molecule has 1 fully saturated rings. The fraction of sp³-hybridized carbons (Fsp3) is 0.375. The number of hydrogen-bond acceptors (Lipinski definition) is 4. The number of hydrogen-bond donors (Lipinski definition) is 2. The first-order valence-corrected chi connectivity index (χ1v) is 16.0. The van der Waals surface area contributed by atoms with Crippen molar-refractivity contribution in [3.63, 3.8) is 0 Å². The molecule has 3 aromatic carbocycles. The minimum atomic E-state index is -3.54. The molecule has 0 saturated heterocycles. The average molecular weight is 596 g/mol. The van der Waals surface area contributed by atoms with E-state index < -0.39 is 16.1 Å². The number of carbonyl (C=O) groups is 2. The first-order chi connectivity index (χ1) is 19.6. The fourth-order valence-electron chi connectivity index (χ4n) is 4.52. The van der Waals surface area contributed by atoms with Gasteiger partial charge in [0, 0.05) is 30.6 Å². The van der Waals surface area contributed by atoms with Crippen LogP contribution in [0, 0.1) is 5.92 Å². The van der Waals surface area contributed by atoms with Crippen molar-refractivity contribution in [3.8, 4) is 0 Å². The molecule has 1 atom stereocenters. The van der Waals surface area contributed by atoms with Crippen molar-refractivity contribution in [2.45, 2.75) is 69.5 Å². The van der Waals surface area contributed by atoms with E-state index in [1.807, 2.05) is 42.5 Å². The summed E-state index contributed by atoms with van der Waals surface area (Å²) in [6, 6.07) is 22.4. The number of amides is 2. The van der Waals surface area contributed by atoms with Crippen LogP contribution in [-0.2, 0) is 32.6 Å². The Kier molecular flexibility index (Phi) is 10.6. The minimum Gasteiger partial charge on any atom is -0.354 e. The van der Waals surface area contributed by atoms with E-state index >= 15 is 0 Å². The second kappa shape index (κ2) is 14.1. The zero-order valence-electron chi connectivity index (χ0n) is 23.6. The van der Waals surface area contributed by atoms with Crippen molar-refractivity contribution < 1.29 is 18.0 Å². The van der Waals surface area contributed by atoms with Gasteiger partial charge in [0.25, 0.3) is 0 Å². The summed E-state index contributed by atoms with van der Waals surface area (Å²) >= 11 is 6.10. The van der Waals surface area contributed by atoms with Gasteiger partial charge in [0.15, 0.2) is 0 Å². The molecule has 0 spiro atoms. The third kappa shape index (κ3) is 9.15. The summed E-state index contributed by atoms with van der Waals surface area (Å²) in [6.45, 7) is 4.95. The van der Waals surface area contributed by atoms with Crippen molar-refractivity contribution in [1.82, 2.24) is 14.9 Å². The molecule has 2 N–H and O–H groups in total. The van der Waals surface area contributed by atoms with Gasteiger partial charge in [-0.15, -0.1) is 0 Å². The standard InChI is InChI=1S/C32H38ClN3O4S/c1-23(2)20-21-34-32(38)31(26-6-4-3-5-7-26)36(22-25-8-13-27(33)14-9-25)30(37)19-12-24-10-17-29(18-11-24)41(39,40)35-28-15-16-28/h3-11,13-14,17-18,23,28,31,35H,12,15-16,19-22H2,1-2H3,(H,34,38)/t31-/m1/s1. The lowest BCUT2D eigenvalue weighted by atomic mass is 10.0. The molecule has 7 nitrogen and oxygen atoms in total. The molecule has 3 aromatic rings. The van der Waals surface area contributed by atoms with Crippen molar-refractivity contribution >= 4 is 33.4 Å². The molecule has 1 aliphatic rings. The molecule has 1 saturated carbocycles. The number of aryl methyl sites for hydroxylation is 1. The van der Waals surface area contributed by atoms with E-state index in [9.17, 15) is 18.0 Å². The first kappa shape index (κ1) is 30.8. The highest BCUT2D eigenvalue weighted by molar-refractivity contribution is 7.89. The Morgan fingerprint density at radius 1 is 0.927 bits per heavy atom. The maximum Gasteiger partial charge on any atom is 0.247 e. The normalized spacial score (nSPS) is 14.0. The Bertz CT molecular complexity index is 1410. The molecule has 4 rings (SSSR count). The van der Waals surface area contributed by atoms with Crippen LogP contribution in [-0.4, -0.2) is 37.7 Å². The summed E-state index contributed by atoms with van der Waals surface area (Å²) in [5, 5.41) is 3.63. The summed E-state index contributed by atoms with van der Waals surface area (Å²) < 4.78 is 27.7. The Morgan fingerprint density at radius 2 is 1.56 bits per heavy atom. The maximum atomic E-state index is 13.9. The Labute approximate surface area is 248 Å². The molecule has 0 bridgehead atoms. The van der Waals surface area contributed by atoms with E-state index in [1.165, 1.54) is 0 Å². The number of rotatable bonds is 14. The van der Waals surface area contributed by atoms with Crippen molar-refractivity contribution in [2.24, 2.45) is 5.92 Å². The lowest BCUT2D eigenvalue weighted by molar-refractivity contribution is -0.141. The van der Waals surface area contributed by atoms with E-state index in [-0.39, 0.29) is 35.7 Å². The predicted molar refractivity (Wildman–Crippen MR) is 162 cm³/mol. The van der Waals surface area contributed by atoms with Crippen LogP contribution in [0.2, 0.25) is 5.02 Å². The highest BCUT2D eigenvalue weighted by Crippen LogP contribution is 2.26. The molecule has 1 aliphatic carbocycles. The predicted octanol–water partition coefficient (Wildman–Crippen LogP) is 5.65. The summed E-state index contributed by atoms with van der Waals surface area (Å²) in [6.07, 6.45) is 3.13. The van der Waals surface area contributed by atoms with Crippen LogP contribution < -0.4 is 10.0 Å². The summed E-state index contributed by atoms with van der Waals surface area (Å²) in [4.78, 5) is 29.3. The van der Waals surface area contributed by atoms with Crippen LogP contribution in [0.25, 0.3) is 0 Å². The van der Waals surface area contributed by atoms with Crippen LogP contribution >= 0.6 is 11.6 Å². The van der Waals surface area contributed by atoms with E-state index in [0.29, 0.717) is 23.9 Å². The van der Waals surface area contributed by atoms with Gasteiger partial charge in [-0.05, 0) is 72.6 Å². The van der Waals surface area contributed by atoms with E-state index in [0.717, 1.165) is 36.0 Å². The molecule has 9 heteroatoms. The average Bonchev–Trinajstić information content (AvgIpc) is 3.76. The van der Waals surface area contributed by atoms with Gasteiger partial charge in [0.1, 0.15) is 6.04 Å². The number of sulfonamides is 1. The molecular formula is C32H38ClN3O4S. The summed E-state index contributed by atoms with van der Waals surface area (Å²) in [5.74, 6) is 0.0277. The second-order valence-corrected chi connectivity index (χ2v) is 13.1. The van der Waals surface area contributed by atoms with Gasteiger partial charge < -0.3 is 10.2 Å². The first-order valence-electron chi connectivity index (χ1n) is 14.1. The number of nitrogens with zero attached hydrogens (tertiary/aromatic N) is 1. The number of halogens is 1. The largest absolute Gasteiger partial charge is 0.354 e. The monoisotopic (exact) mass is 595 g/mol. The van der Waals surface area contributed by atoms with Crippen LogP contribution in [0.1, 0.15) is 62.3 Å². The molecule has 0 aliphatic heterocycles.